The van der Waals surface area contributed by atoms with Crippen LogP contribution >= 0.6 is 0 Å². The third kappa shape index (κ3) is 3.90. The second-order valence-corrected chi connectivity index (χ2v) is 7.11. The summed E-state index contributed by atoms with van der Waals surface area (Å²) in [4.78, 5) is 30.1. The van der Waals surface area contributed by atoms with Gasteiger partial charge in [0, 0.05) is 13.6 Å². The summed E-state index contributed by atoms with van der Waals surface area (Å²) in [5, 5.41) is 12.4. The molecule has 1 saturated heterocycles. The molecule has 1 N–H and O–H groups in total. The van der Waals surface area contributed by atoms with Gasteiger partial charge in [0.15, 0.2) is 11.6 Å². The number of amides is 2. The predicted molar refractivity (Wildman–Crippen MR) is 108 cm³/mol. The Hall–Kier alpha value is -4.00. The Balaban J connectivity index is 1.67. The van der Waals surface area contributed by atoms with Gasteiger partial charge in [-0.05, 0) is 36.8 Å². The van der Waals surface area contributed by atoms with Crippen LogP contribution in [0.15, 0.2) is 41.5 Å². The maximum Gasteiger partial charge on any atom is 0.321 e. The van der Waals surface area contributed by atoms with Gasteiger partial charge in [0.1, 0.15) is 23.6 Å². The summed E-state index contributed by atoms with van der Waals surface area (Å²) < 4.78 is 34.8. The van der Waals surface area contributed by atoms with Crippen molar-refractivity contribution in [3.63, 3.8) is 0 Å². The number of halogens is 2. The third-order valence-electron chi connectivity index (χ3n) is 4.99. The number of benzene rings is 2. The van der Waals surface area contributed by atoms with E-state index in [9.17, 15) is 23.6 Å². The molecule has 1 fully saturated rings. The van der Waals surface area contributed by atoms with Crippen molar-refractivity contribution in [1.29, 1.82) is 5.26 Å². The molecule has 2 heterocycles. The van der Waals surface area contributed by atoms with Gasteiger partial charge in [-0.25, -0.2) is 18.6 Å². The van der Waals surface area contributed by atoms with Crippen LogP contribution in [0.2, 0.25) is 0 Å². The van der Waals surface area contributed by atoms with E-state index in [0.717, 1.165) is 6.07 Å². The SMILES string of the molecule is Cn1cnc2ccc(Oc3c(F)ccc(NC(=O)N4CCC(F)C4)c3C#N)cc2c1=O. The summed E-state index contributed by atoms with van der Waals surface area (Å²) in [5.41, 5.74) is -0.0726. The molecule has 31 heavy (non-hydrogen) atoms. The minimum Gasteiger partial charge on any atom is -0.453 e. The molecule has 2 aromatic carbocycles. The number of hydrogen-bond donors (Lipinski definition) is 1. The minimum atomic E-state index is -1.09. The largest absolute Gasteiger partial charge is 0.453 e. The Morgan fingerprint density at radius 2 is 2.16 bits per heavy atom. The van der Waals surface area contributed by atoms with Crippen molar-refractivity contribution in [1.82, 2.24) is 14.5 Å². The van der Waals surface area contributed by atoms with Gasteiger partial charge in [0.05, 0.1) is 29.5 Å². The van der Waals surface area contributed by atoms with Crippen LogP contribution in [-0.4, -0.2) is 39.7 Å². The normalized spacial score (nSPS) is 15.7. The lowest BCUT2D eigenvalue weighted by Gasteiger charge is -2.18. The molecule has 0 spiro atoms. The van der Waals surface area contributed by atoms with Gasteiger partial charge in [0.25, 0.3) is 5.56 Å². The molecule has 2 amide bonds. The van der Waals surface area contributed by atoms with Gasteiger partial charge in [-0.15, -0.1) is 0 Å². The van der Waals surface area contributed by atoms with Gasteiger partial charge in [-0.1, -0.05) is 0 Å². The number of rotatable bonds is 3. The molecular weight excluding hydrogens is 408 g/mol. The number of hydrogen-bond acceptors (Lipinski definition) is 5. The first kappa shape index (κ1) is 20.3. The Morgan fingerprint density at radius 1 is 1.35 bits per heavy atom. The molecule has 10 heteroatoms. The lowest BCUT2D eigenvalue weighted by molar-refractivity contribution is 0.218. The summed E-state index contributed by atoms with van der Waals surface area (Å²) in [6, 6.07) is 7.98. The van der Waals surface area contributed by atoms with Gasteiger partial charge in [0.2, 0.25) is 0 Å². The maximum absolute atomic E-state index is 14.5. The second kappa shape index (κ2) is 8.02. The lowest BCUT2D eigenvalue weighted by atomic mass is 10.1. The molecule has 0 aliphatic carbocycles. The van der Waals surface area contributed by atoms with E-state index >= 15 is 0 Å². The van der Waals surface area contributed by atoms with Gasteiger partial charge in [-0.2, -0.15) is 5.26 Å². The van der Waals surface area contributed by atoms with E-state index in [4.69, 9.17) is 4.74 Å². The zero-order valence-corrected chi connectivity index (χ0v) is 16.4. The van der Waals surface area contributed by atoms with Crippen molar-refractivity contribution in [2.75, 3.05) is 18.4 Å². The predicted octanol–water partition coefficient (Wildman–Crippen LogP) is 3.31. The number of nitrogens with zero attached hydrogens (tertiary/aromatic N) is 4. The van der Waals surface area contributed by atoms with Crippen LogP contribution in [0.1, 0.15) is 12.0 Å². The quantitative estimate of drug-likeness (QED) is 0.694. The van der Waals surface area contributed by atoms with Crippen LogP contribution in [0, 0.1) is 17.1 Å². The van der Waals surface area contributed by atoms with Crippen LogP contribution in [-0.2, 0) is 7.05 Å². The van der Waals surface area contributed by atoms with Crippen LogP contribution in [0.5, 0.6) is 11.5 Å². The van der Waals surface area contributed by atoms with E-state index in [2.05, 4.69) is 10.3 Å². The number of urea groups is 1. The van der Waals surface area contributed by atoms with Gasteiger partial charge in [-0.3, -0.25) is 4.79 Å². The fourth-order valence-electron chi connectivity index (χ4n) is 3.34. The fourth-order valence-corrected chi connectivity index (χ4v) is 3.34. The molecule has 1 atom stereocenters. The van der Waals surface area contributed by atoms with Crippen molar-refractivity contribution in [2.24, 2.45) is 7.05 Å². The molecule has 1 unspecified atom stereocenters. The molecule has 0 radical (unpaired) electrons. The number of aromatic nitrogens is 2. The van der Waals surface area contributed by atoms with Crippen molar-refractivity contribution >= 4 is 22.6 Å². The Bertz CT molecular complexity index is 1280. The van der Waals surface area contributed by atoms with E-state index in [0.29, 0.717) is 5.52 Å². The molecule has 8 nitrogen and oxygen atoms in total. The zero-order valence-electron chi connectivity index (χ0n) is 16.4. The molecular formula is C21H17F2N5O3. The van der Waals surface area contributed by atoms with Crippen LogP contribution in [0.25, 0.3) is 10.9 Å². The highest BCUT2D eigenvalue weighted by molar-refractivity contribution is 5.91. The van der Waals surface area contributed by atoms with Crippen molar-refractivity contribution in [3.8, 4) is 17.6 Å². The molecule has 1 aliphatic rings. The molecule has 4 rings (SSSR count). The first-order chi connectivity index (χ1) is 14.9. The average molecular weight is 425 g/mol. The van der Waals surface area contributed by atoms with Crippen molar-refractivity contribution in [3.05, 3.63) is 58.4 Å². The summed E-state index contributed by atoms with van der Waals surface area (Å²) in [7, 11) is 1.55. The zero-order chi connectivity index (χ0) is 22.1. The standard InChI is InChI=1S/C21H17F2N5O3/c1-27-11-25-17-4-2-13(8-14(17)20(27)29)31-19-15(9-24)18(5-3-16(19)23)26-21(30)28-7-6-12(22)10-28/h2-5,8,11-12H,6-7,10H2,1H3,(H,26,30). The maximum atomic E-state index is 14.5. The highest BCUT2D eigenvalue weighted by Gasteiger charge is 2.27. The van der Waals surface area contributed by atoms with E-state index < -0.39 is 23.8 Å². The van der Waals surface area contributed by atoms with Crippen LogP contribution in [0.3, 0.4) is 0 Å². The molecule has 0 saturated carbocycles. The summed E-state index contributed by atoms with van der Waals surface area (Å²) in [5.74, 6) is -1.10. The lowest BCUT2D eigenvalue weighted by Crippen LogP contribution is -2.33. The van der Waals surface area contributed by atoms with Crippen LogP contribution < -0.4 is 15.6 Å². The van der Waals surface area contributed by atoms with E-state index in [-0.39, 0.29) is 47.5 Å². The Labute approximate surface area is 175 Å². The van der Waals surface area contributed by atoms with Crippen molar-refractivity contribution < 1.29 is 18.3 Å². The summed E-state index contributed by atoms with van der Waals surface area (Å²) >= 11 is 0. The number of fused-ring (bicyclic) bond motifs is 1. The summed E-state index contributed by atoms with van der Waals surface area (Å²) in [6.07, 6.45) is 0.534. The highest BCUT2D eigenvalue weighted by atomic mass is 19.1. The fraction of sp³-hybridized carbons (Fsp3) is 0.238. The number of carbonyl (C=O) groups is 1. The number of carbonyl (C=O) groups excluding carboxylic acids is 1. The number of nitrogens with one attached hydrogen (secondary N) is 1. The molecule has 1 aliphatic heterocycles. The van der Waals surface area contributed by atoms with E-state index in [1.54, 1.807) is 13.1 Å². The average Bonchev–Trinajstić information content (AvgIpc) is 3.20. The van der Waals surface area contributed by atoms with Crippen molar-refractivity contribution in [2.45, 2.75) is 12.6 Å². The monoisotopic (exact) mass is 425 g/mol. The third-order valence-corrected chi connectivity index (χ3v) is 4.99. The number of likely N-dealkylation sites (tertiary alicyclic amines) is 1. The molecule has 1 aromatic heterocycles. The molecule has 0 bridgehead atoms. The number of alkyl halides is 1. The first-order valence-corrected chi connectivity index (χ1v) is 9.43. The smallest absolute Gasteiger partial charge is 0.321 e. The number of anilines is 1. The van der Waals surface area contributed by atoms with E-state index in [1.807, 2.05) is 6.07 Å². The number of nitriles is 1. The molecule has 158 valence electrons. The second-order valence-electron chi connectivity index (χ2n) is 7.11. The molecule has 3 aromatic rings. The topological polar surface area (TPSA) is 100 Å². The first-order valence-electron chi connectivity index (χ1n) is 9.43. The Morgan fingerprint density at radius 3 is 2.87 bits per heavy atom. The number of ether oxygens (including phenoxy) is 1. The number of aryl methyl sites for hydroxylation is 1. The van der Waals surface area contributed by atoms with Gasteiger partial charge < -0.3 is 19.5 Å². The summed E-state index contributed by atoms with van der Waals surface area (Å²) in [6.45, 7) is 0.206. The highest BCUT2D eigenvalue weighted by Crippen LogP contribution is 2.34. The van der Waals surface area contributed by atoms with Crippen LogP contribution in [0.4, 0.5) is 19.3 Å². The van der Waals surface area contributed by atoms with Gasteiger partial charge >= 0.3 is 6.03 Å². The minimum absolute atomic E-state index is 0.0320. The van der Waals surface area contributed by atoms with E-state index in [1.165, 1.54) is 34.0 Å². The Kier molecular flexibility index (Phi) is 5.25.